The second-order valence-electron chi connectivity index (χ2n) is 4.96. The molecule has 7 heteroatoms. The summed E-state index contributed by atoms with van der Waals surface area (Å²) in [7, 11) is 0. The third kappa shape index (κ3) is 2.63. The first-order chi connectivity index (χ1) is 9.49. The molecule has 0 bridgehead atoms. The number of carboxylic acids is 1. The molecule has 2 heterocycles. The number of aliphatic carboxylic acids is 1. The number of urea groups is 1. The maximum Gasteiger partial charge on any atom is 0.329 e. The van der Waals surface area contributed by atoms with Gasteiger partial charge in [-0.2, -0.15) is 0 Å². The van der Waals surface area contributed by atoms with Crippen molar-refractivity contribution in [3.63, 3.8) is 0 Å². The Morgan fingerprint density at radius 1 is 1.60 bits per heavy atom. The molecule has 0 spiro atoms. The molecule has 2 amide bonds. The normalized spacial score (nSPS) is 22.0. The van der Waals surface area contributed by atoms with Crippen molar-refractivity contribution in [2.24, 2.45) is 0 Å². The first-order valence-corrected chi connectivity index (χ1v) is 7.57. The summed E-state index contributed by atoms with van der Waals surface area (Å²) in [6, 6.07) is -0.322. The number of nitrogens with zero attached hydrogens (tertiary/aromatic N) is 2. The van der Waals surface area contributed by atoms with Crippen molar-refractivity contribution in [3.8, 4) is 0 Å². The van der Waals surface area contributed by atoms with Crippen molar-refractivity contribution in [3.05, 3.63) is 16.1 Å². The van der Waals surface area contributed by atoms with Crippen molar-refractivity contribution >= 4 is 23.3 Å². The largest absolute Gasteiger partial charge is 0.479 e. The first kappa shape index (κ1) is 14.8. The Hall–Kier alpha value is -1.63. The van der Waals surface area contributed by atoms with Crippen LogP contribution in [0.4, 0.5) is 4.79 Å². The zero-order valence-electron chi connectivity index (χ0n) is 11.7. The number of aryl methyl sites for hydroxylation is 1. The number of hydrogen-bond donors (Lipinski definition) is 2. The Morgan fingerprint density at radius 2 is 2.35 bits per heavy atom. The number of carbonyl (C=O) groups excluding carboxylic acids is 1. The van der Waals surface area contributed by atoms with E-state index in [2.05, 4.69) is 10.3 Å². The van der Waals surface area contributed by atoms with E-state index in [4.69, 9.17) is 0 Å². The van der Waals surface area contributed by atoms with Crippen LogP contribution in [-0.4, -0.2) is 39.1 Å². The summed E-state index contributed by atoms with van der Waals surface area (Å²) < 4.78 is 0. The van der Waals surface area contributed by atoms with E-state index in [1.165, 1.54) is 16.2 Å². The van der Waals surface area contributed by atoms with Gasteiger partial charge in [-0.15, -0.1) is 11.3 Å². The van der Waals surface area contributed by atoms with Gasteiger partial charge in [0.15, 0.2) is 0 Å². The molecule has 1 aliphatic heterocycles. The Kier molecular flexibility index (Phi) is 4.27. The molecule has 2 N–H and O–H groups in total. The number of carbonyl (C=O) groups is 2. The van der Waals surface area contributed by atoms with Crippen molar-refractivity contribution in [1.82, 2.24) is 15.2 Å². The van der Waals surface area contributed by atoms with Crippen molar-refractivity contribution in [2.45, 2.75) is 45.2 Å². The number of likely N-dealkylation sites (tertiary alicyclic amines) is 1. The van der Waals surface area contributed by atoms with Gasteiger partial charge in [-0.05, 0) is 26.2 Å². The molecule has 2 rings (SSSR count). The number of hydrogen-bond acceptors (Lipinski definition) is 4. The van der Waals surface area contributed by atoms with Crippen LogP contribution in [0.1, 0.15) is 36.9 Å². The third-order valence-electron chi connectivity index (χ3n) is 3.80. The van der Waals surface area contributed by atoms with E-state index in [0.29, 0.717) is 25.9 Å². The summed E-state index contributed by atoms with van der Waals surface area (Å²) in [6.45, 7) is 4.54. The van der Waals surface area contributed by atoms with Gasteiger partial charge in [0.2, 0.25) is 0 Å². The second-order valence-corrected chi connectivity index (χ2v) is 6.02. The molecule has 1 aliphatic rings. The Morgan fingerprint density at radius 3 is 2.90 bits per heavy atom. The fraction of sp³-hybridized carbons (Fsp3) is 0.615. The fourth-order valence-electron chi connectivity index (χ4n) is 2.67. The number of aromatic nitrogens is 1. The van der Waals surface area contributed by atoms with Gasteiger partial charge in [-0.3, -0.25) is 0 Å². The lowest BCUT2D eigenvalue weighted by molar-refractivity contribution is -0.148. The molecule has 1 aromatic rings. The first-order valence-electron chi connectivity index (χ1n) is 6.69. The van der Waals surface area contributed by atoms with E-state index < -0.39 is 11.5 Å². The molecule has 1 unspecified atom stereocenters. The summed E-state index contributed by atoms with van der Waals surface area (Å²) in [5, 5.41) is 15.0. The molecule has 1 saturated heterocycles. The third-order valence-corrected chi connectivity index (χ3v) is 4.63. The number of rotatable bonds is 4. The van der Waals surface area contributed by atoms with Gasteiger partial charge in [0.1, 0.15) is 5.54 Å². The van der Waals surface area contributed by atoms with Gasteiger partial charge in [-0.25, -0.2) is 14.6 Å². The zero-order chi connectivity index (χ0) is 14.8. The highest BCUT2D eigenvalue weighted by molar-refractivity contribution is 7.09. The summed E-state index contributed by atoms with van der Waals surface area (Å²) in [5.74, 6) is -0.919. The van der Waals surface area contributed by atoms with Crippen LogP contribution in [0.2, 0.25) is 0 Å². The molecular weight excluding hydrogens is 278 g/mol. The van der Waals surface area contributed by atoms with Crippen LogP contribution in [0.3, 0.4) is 0 Å². The smallest absolute Gasteiger partial charge is 0.329 e. The number of thiazole rings is 1. The molecular formula is C13H19N3O3S. The molecule has 20 heavy (non-hydrogen) atoms. The summed E-state index contributed by atoms with van der Waals surface area (Å²) in [6.07, 6.45) is 1.66. The van der Waals surface area contributed by atoms with Crippen LogP contribution >= 0.6 is 11.3 Å². The Bertz CT molecular complexity index is 517. The molecule has 0 aromatic carbocycles. The van der Waals surface area contributed by atoms with Crippen LogP contribution < -0.4 is 5.32 Å². The molecule has 1 aromatic heterocycles. The van der Waals surface area contributed by atoms with Crippen LogP contribution in [-0.2, 0) is 11.3 Å². The Balaban J connectivity index is 2.02. The van der Waals surface area contributed by atoms with Crippen LogP contribution in [0.25, 0.3) is 0 Å². The minimum absolute atomic E-state index is 0.322. The van der Waals surface area contributed by atoms with E-state index in [9.17, 15) is 14.7 Å². The maximum absolute atomic E-state index is 12.2. The van der Waals surface area contributed by atoms with Crippen molar-refractivity contribution in [2.75, 3.05) is 6.54 Å². The lowest BCUT2D eigenvalue weighted by Crippen LogP contribution is -2.55. The predicted octanol–water partition coefficient (Wildman–Crippen LogP) is 1.99. The monoisotopic (exact) mass is 297 g/mol. The summed E-state index contributed by atoms with van der Waals surface area (Å²) >= 11 is 1.53. The van der Waals surface area contributed by atoms with E-state index in [1.54, 1.807) is 0 Å². The SMILES string of the molecule is CCC1(C(=O)O)CCCN1C(=O)NCc1csc(C)n1. The molecule has 0 radical (unpaired) electrons. The average molecular weight is 297 g/mol. The molecule has 110 valence electrons. The van der Waals surface area contributed by atoms with Gasteiger partial charge in [0, 0.05) is 11.9 Å². The second kappa shape index (κ2) is 5.78. The maximum atomic E-state index is 12.2. The fourth-order valence-corrected chi connectivity index (χ4v) is 3.28. The molecule has 0 saturated carbocycles. The highest BCUT2D eigenvalue weighted by Crippen LogP contribution is 2.32. The van der Waals surface area contributed by atoms with Gasteiger partial charge in [0.25, 0.3) is 0 Å². The summed E-state index contributed by atoms with van der Waals surface area (Å²) in [5.41, 5.74) is -0.250. The number of nitrogens with one attached hydrogen (secondary N) is 1. The van der Waals surface area contributed by atoms with Crippen LogP contribution in [0.15, 0.2) is 5.38 Å². The van der Waals surface area contributed by atoms with Gasteiger partial charge in [0.05, 0.1) is 17.2 Å². The van der Waals surface area contributed by atoms with Gasteiger partial charge < -0.3 is 15.3 Å². The minimum Gasteiger partial charge on any atom is -0.479 e. The Labute approximate surface area is 121 Å². The number of carboxylic acid groups (broad SMARTS) is 1. The lowest BCUT2D eigenvalue weighted by Gasteiger charge is -2.33. The zero-order valence-corrected chi connectivity index (χ0v) is 12.5. The molecule has 0 aliphatic carbocycles. The van der Waals surface area contributed by atoms with Crippen LogP contribution in [0, 0.1) is 6.92 Å². The number of amides is 2. The highest BCUT2D eigenvalue weighted by atomic mass is 32.1. The molecule has 6 nitrogen and oxygen atoms in total. The standard InChI is InChI=1S/C13H19N3O3S/c1-3-13(11(17)18)5-4-6-16(13)12(19)14-7-10-8-20-9(2)15-10/h8H,3-7H2,1-2H3,(H,14,19)(H,17,18). The van der Waals surface area contributed by atoms with E-state index in [-0.39, 0.29) is 6.03 Å². The van der Waals surface area contributed by atoms with E-state index in [1.807, 2.05) is 19.2 Å². The minimum atomic E-state index is -1.05. The lowest BCUT2D eigenvalue weighted by atomic mass is 9.93. The van der Waals surface area contributed by atoms with Crippen molar-refractivity contribution in [1.29, 1.82) is 0 Å². The van der Waals surface area contributed by atoms with Crippen molar-refractivity contribution < 1.29 is 14.7 Å². The molecule has 1 atom stereocenters. The van der Waals surface area contributed by atoms with Gasteiger partial charge >= 0.3 is 12.0 Å². The van der Waals surface area contributed by atoms with E-state index in [0.717, 1.165) is 17.1 Å². The predicted molar refractivity (Wildman–Crippen MR) is 75.7 cm³/mol. The van der Waals surface area contributed by atoms with Gasteiger partial charge in [-0.1, -0.05) is 6.92 Å². The quantitative estimate of drug-likeness (QED) is 0.890. The molecule has 1 fully saturated rings. The van der Waals surface area contributed by atoms with E-state index >= 15 is 0 Å². The average Bonchev–Trinajstić information content (AvgIpc) is 3.02. The van der Waals surface area contributed by atoms with Crippen LogP contribution in [0.5, 0.6) is 0 Å². The topological polar surface area (TPSA) is 82.5 Å². The summed E-state index contributed by atoms with van der Waals surface area (Å²) in [4.78, 5) is 29.5. The highest BCUT2D eigenvalue weighted by Gasteiger charge is 2.48.